The van der Waals surface area contributed by atoms with Gasteiger partial charge < -0.3 is 14.8 Å². The molecule has 21 heavy (non-hydrogen) atoms. The molecular weight excluding hydrogens is 264 g/mol. The molecule has 112 valence electrons. The first-order valence-corrected chi connectivity index (χ1v) is 7.26. The third-order valence-corrected chi connectivity index (χ3v) is 3.14. The Labute approximate surface area is 126 Å². The molecular formula is C17H22N2O2. The lowest BCUT2D eigenvalue weighted by Crippen LogP contribution is -2.21. The zero-order valence-electron chi connectivity index (χ0n) is 12.6. The summed E-state index contributed by atoms with van der Waals surface area (Å²) >= 11 is 0. The molecule has 4 heteroatoms. The van der Waals surface area contributed by atoms with E-state index in [0.29, 0.717) is 13.2 Å². The van der Waals surface area contributed by atoms with E-state index < -0.39 is 0 Å². The van der Waals surface area contributed by atoms with E-state index in [1.54, 1.807) is 0 Å². The molecule has 1 aromatic heterocycles. The van der Waals surface area contributed by atoms with E-state index in [1.807, 2.05) is 49.6 Å². The largest absolute Gasteiger partial charge is 0.490 e. The molecule has 0 spiro atoms. The molecule has 1 N–H and O–H groups in total. The molecule has 0 aliphatic rings. The number of rotatable bonds is 8. The maximum absolute atomic E-state index is 5.76. The molecule has 0 saturated carbocycles. The van der Waals surface area contributed by atoms with Crippen LogP contribution in [-0.4, -0.2) is 24.7 Å². The van der Waals surface area contributed by atoms with Crippen molar-refractivity contribution in [2.45, 2.75) is 20.4 Å². The highest BCUT2D eigenvalue weighted by molar-refractivity contribution is 5.39. The number of benzene rings is 1. The predicted molar refractivity (Wildman–Crippen MR) is 83.8 cm³/mol. The molecule has 0 bridgehead atoms. The van der Waals surface area contributed by atoms with Gasteiger partial charge in [-0.1, -0.05) is 12.1 Å². The highest BCUT2D eigenvalue weighted by Gasteiger charge is 2.03. The number of hydrogen-bond donors (Lipinski definition) is 1. The van der Waals surface area contributed by atoms with Gasteiger partial charge in [0.1, 0.15) is 6.61 Å². The second-order valence-electron chi connectivity index (χ2n) is 4.71. The van der Waals surface area contributed by atoms with Crippen molar-refractivity contribution in [2.75, 3.05) is 19.8 Å². The van der Waals surface area contributed by atoms with Crippen LogP contribution in [0.1, 0.15) is 18.1 Å². The Morgan fingerprint density at radius 1 is 1.10 bits per heavy atom. The number of nitrogens with one attached hydrogen (secondary N) is 1. The van der Waals surface area contributed by atoms with Crippen LogP contribution in [0.3, 0.4) is 0 Å². The first-order chi connectivity index (χ1) is 10.3. The molecule has 0 saturated heterocycles. The van der Waals surface area contributed by atoms with Gasteiger partial charge in [0.05, 0.1) is 6.61 Å². The third kappa shape index (κ3) is 4.76. The number of ether oxygens (including phenoxy) is 2. The molecule has 4 nitrogen and oxygen atoms in total. The van der Waals surface area contributed by atoms with Crippen LogP contribution in [-0.2, 0) is 6.54 Å². The molecule has 2 aromatic rings. The number of hydrogen-bond acceptors (Lipinski definition) is 4. The maximum atomic E-state index is 5.76. The van der Waals surface area contributed by atoms with Crippen LogP contribution in [0.4, 0.5) is 0 Å². The number of aryl methyl sites for hydroxylation is 1. The Morgan fingerprint density at radius 2 is 1.86 bits per heavy atom. The van der Waals surface area contributed by atoms with Crippen molar-refractivity contribution in [3.63, 3.8) is 0 Å². The quantitative estimate of drug-likeness (QED) is 0.758. The lowest BCUT2D eigenvalue weighted by atomic mass is 10.1. The van der Waals surface area contributed by atoms with Gasteiger partial charge in [-0.25, -0.2) is 0 Å². The first kappa shape index (κ1) is 15.3. The fourth-order valence-corrected chi connectivity index (χ4v) is 2.00. The van der Waals surface area contributed by atoms with Gasteiger partial charge in [0.15, 0.2) is 11.5 Å². The highest BCUT2D eigenvalue weighted by atomic mass is 16.5. The smallest absolute Gasteiger partial charge is 0.161 e. The van der Waals surface area contributed by atoms with Crippen LogP contribution in [0.2, 0.25) is 0 Å². The minimum atomic E-state index is 0.605. The van der Waals surface area contributed by atoms with Crippen molar-refractivity contribution < 1.29 is 9.47 Å². The van der Waals surface area contributed by atoms with Crippen LogP contribution in [0.5, 0.6) is 11.5 Å². The van der Waals surface area contributed by atoms with Gasteiger partial charge in [0.2, 0.25) is 0 Å². The monoisotopic (exact) mass is 286 g/mol. The second-order valence-corrected chi connectivity index (χ2v) is 4.71. The van der Waals surface area contributed by atoms with Gasteiger partial charge in [0.25, 0.3) is 0 Å². The zero-order valence-corrected chi connectivity index (χ0v) is 12.6. The Kier molecular flexibility index (Phi) is 6.03. The molecule has 0 aliphatic carbocycles. The zero-order chi connectivity index (χ0) is 14.9. The molecule has 0 fully saturated rings. The van der Waals surface area contributed by atoms with Crippen molar-refractivity contribution in [1.29, 1.82) is 0 Å². The molecule has 0 radical (unpaired) electrons. The third-order valence-electron chi connectivity index (χ3n) is 3.14. The molecule has 2 rings (SSSR count). The predicted octanol–water partition coefficient (Wildman–Crippen LogP) is 2.96. The Balaban J connectivity index is 1.74. The van der Waals surface area contributed by atoms with Crippen molar-refractivity contribution >= 4 is 0 Å². The van der Waals surface area contributed by atoms with Gasteiger partial charge in [-0.15, -0.1) is 0 Å². The summed E-state index contributed by atoms with van der Waals surface area (Å²) in [6.07, 6.45) is 3.70. The minimum Gasteiger partial charge on any atom is -0.490 e. The molecule has 0 amide bonds. The summed E-state index contributed by atoms with van der Waals surface area (Å²) in [5, 5.41) is 3.37. The summed E-state index contributed by atoms with van der Waals surface area (Å²) in [5.74, 6) is 1.59. The molecule has 0 atom stereocenters. The number of pyridine rings is 1. The van der Waals surface area contributed by atoms with Gasteiger partial charge in [0, 0.05) is 25.5 Å². The fourth-order valence-electron chi connectivity index (χ4n) is 2.00. The summed E-state index contributed by atoms with van der Waals surface area (Å²) in [6, 6.07) is 9.78. The lowest BCUT2D eigenvalue weighted by molar-refractivity contribution is 0.275. The maximum Gasteiger partial charge on any atom is 0.161 e. The molecule has 0 aliphatic heterocycles. The summed E-state index contributed by atoms with van der Waals surface area (Å²) < 4.78 is 11.3. The first-order valence-electron chi connectivity index (χ1n) is 7.26. The summed E-state index contributed by atoms with van der Waals surface area (Å²) in [6.45, 7) is 6.88. The van der Waals surface area contributed by atoms with Crippen molar-refractivity contribution in [2.24, 2.45) is 0 Å². The number of para-hydroxylation sites is 2. The van der Waals surface area contributed by atoms with E-state index in [4.69, 9.17) is 9.47 Å². The number of aromatic nitrogens is 1. The van der Waals surface area contributed by atoms with E-state index >= 15 is 0 Å². The SMILES string of the molecule is CCOc1ccccc1OCCNCc1ccncc1C. The van der Waals surface area contributed by atoms with E-state index in [0.717, 1.165) is 24.6 Å². The Morgan fingerprint density at radius 3 is 2.57 bits per heavy atom. The minimum absolute atomic E-state index is 0.605. The lowest BCUT2D eigenvalue weighted by Gasteiger charge is -2.12. The Hall–Kier alpha value is -2.07. The van der Waals surface area contributed by atoms with Crippen molar-refractivity contribution in [1.82, 2.24) is 10.3 Å². The number of nitrogens with zero attached hydrogens (tertiary/aromatic N) is 1. The fraction of sp³-hybridized carbons (Fsp3) is 0.353. The molecule has 1 aromatic carbocycles. The average molecular weight is 286 g/mol. The Bertz CT molecular complexity index is 558. The normalized spacial score (nSPS) is 10.4. The average Bonchev–Trinajstić information content (AvgIpc) is 2.50. The second kappa shape index (κ2) is 8.27. The van der Waals surface area contributed by atoms with Gasteiger partial charge in [-0.2, -0.15) is 0 Å². The van der Waals surface area contributed by atoms with E-state index in [9.17, 15) is 0 Å². The summed E-state index contributed by atoms with van der Waals surface area (Å²) in [5.41, 5.74) is 2.47. The van der Waals surface area contributed by atoms with Crippen LogP contribution in [0.15, 0.2) is 42.7 Å². The van der Waals surface area contributed by atoms with Gasteiger partial charge >= 0.3 is 0 Å². The van der Waals surface area contributed by atoms with E-state index in [-0.39, 0.29) is 0 Å². The standard InChI is InChI=1S/C17H22N2O2/c1-3-20-16-6-4-5-7-17(16)21-11-10-19-13-15-8-9-18-12-14(15)2/h4-9,12,19H,3,10-11,13H2,1-2H3. The molecule has 1 heterocycles. The van der Waals surface area contributed by atoms with E-state index in [2.05, 4.69) is 17.2 Å². The van der Waals surface area contributed by atoms with Crippen LogP contribution in [0.25, 0.3) is 0 Å². The van der Waals surface area contributed by atoms with E-state index in [1.165, 1.54) is 11.1 Å². The van der Waals surface area contributed by atoms with Crippen LogP contribution in [0, 0.1) is 6.92 Å². The summed E-state index contributed by atoms with van der Waals surface area (Å²) in [4.78, 5) is 4.09. The van der Waals surface area contributed by atoms with Crippen molar-refractivity contribution in [3.05, 3.63) is 53.9 Å². The summed E-state index contributed by atoms with van der Waals surface area (Å²) in [7, 11) is 0. The highest BCUT2D eigenvalue weighted by Crippen LogP contribution is 2.25. The van der Waals surface area contributed by atoms with Gasteiger partial charge in [-0.3, -0.25) is 4.98 Å². The topological polar surface area (TPSA) is 43.4 Å². The molecule has 0 unspecified atom stereocenters. The van der Waals surface area contributed by atoms with Crippen molar-refractivity contribution in [3.8, 4) is 11.5 Å². The van der Waals surface area contributed by atoms with Gasteiger partial charge in [-0.05, 0) is 43.2 Å². The van der Waals surface area contributed by atoms with Crippen LogP contribution < -0.4 is 14.8 Å². The van der Waals surface area contributed by atoms with Crippen LogP contribution >= 0.6 is 0 Å².